The molecular formula is C16H22ClN5O2. The zero-order chi connectivity index (χ0) is 16.4. The fraction of sp³-hybridized carbons (Fsp3) is 0.438. The van der Waals surface area contributed by atoms with Crippen molar-refractivity contribution in [1.29, 1.82) is 0 Å². The van der Waals surface area contributed by atoms with Gasteiger partial charge in [-0.05, 0) is 19.1 Å². The number of carbonyl (C=O) groups is 2. The summed E-state index contributed by atoms with van der Waals surface area (Å²) in [5.41, 5.74) is 6.65. The summed E-state index contributed by atoms with van der Waals surface area (Å²) in [7, 11) is 0. The number of amides is 2. The Morgan fingerprint density at radius 3 is 2.62 bits per heavy atom. The molecule has 24 heavy (non-hydrogen) atoms. The molecule has 1 aromatic rings. The molecule has 130 valence electrons. The molecule has 0 aromatic heterocycles. The zero-order valence-electron chi connectivity index (χ0n) is 13.5. The van der Waals surface area contributed by atoms with Crippen molar-refractivity contribution in [2.45, 2.75) is 25.4 Å². The van der Waals surface area contributed by atoms with E-state index in [4.69, 9.17) is 5.73 Å². The van der Waals surface area contributed by atoms with Gasteiger partial charge in [-0.3, -0.25) is 14.6 Å². The second-order valence-electron chi connectivity index (χ2n) is 5.96. The van der Waals surface area contributed by atoms with Crippen LogP contribution in [0.1, 0.15) is 13.3 Å². The molecule has 0 bridgehead atoms. The number of rotatable bonds is 3. The van der Waals surface area contributed by atoms with E-state index in [9.17, 15) is 9.59 Å². The Labute approximate surface area is 147 Å². The number of hydrogen-bond donors (Lipinski definition) is 2. The number of nitrogens with two attached hydrogens (primary N) is 1. The van der Waals surface area contributed by atoms with Crippen LogP contribution in [0, 0.1) is 0 Å². The summed E-state index contributed by atoms with van der Waals surface area (Å²) >= 11 is 0. The largest absolute Gasteiger partial charge is 0.368 e. The Hall–Kier alpha value is -2.12. The van der Waals surface area contributed by atoms with Gasteiger partial charge in [-0.2, -0.15) is 5.10 Å². The van der Waals surface area contributed by atoms with Gasteiger partial charge >= 0.3 is 0 Å². The first-order valence-corrected chi connectivity index (χ1v) is 7.80. The topological polar surface area (TPSA) is 91.0 Å². The van der Waals surface area contributed by atoms with Crippen LogP contribution in [0.4, 0.5) is 5.69 Å². The van der Waals surface area contributed by atoms with Gasteiger partial charge < -0.3 is 16.0 Å². The molecule has 1 unspecified atom stereocenters. The van der Waals surface area contributed by atoms with Crippen LogP contribution in [0.25, 0.3) is 0 Å². The van der Waals surface area contributed by atoms with E-state index in [1.54, 1.807) is 9.91 Å². The van der Waals surface area contributed by atoms with E-state index in [1.165, 1.54) is 0 Å². The van der Waals surface area contributed by atoms with Crippen molar-refractivity contribution in [2.75, 3.05) is 24.6 Å². The van der Waals surface area contributed by atoms with E-state index >= 15 is 0 Å². The van der Waals surface area contributed by atoms with Crippen molar-refractivity contribution in [2.24, 2.45) is 10.8 Å². The van der Waals surface area contributed by atoms with Crippen LogP contribution in [-0.2, 0) is 9.59 Å². The van der Waals surface area contributed by atoms with E-state index in [1.807, 2.05) is 37.3 Å². The first-order chi connectivity index (χ1) is 11.1. The molecule has 3 N–H and O–H groups in total. The molecule has 3 rings (SSSR count). The maximum absolute atomic E-state index is 12.7. The monoisotopic (exact) mass is 351 g/mol. The Morgan fingerprint density at radius 2 is 2.00 bits per heavy atom. The Morgan fingerprint density at radius 1 is 1.29 bits per heavy atom. The van der Waals surface area contributed by atoms with E-state index in [2.05, 4.69) is 10.4 Å². The third-order valence-electron chi connectivity index (χ3n) is 4.16. The summed E-state index contributed by atoms with van der Waals surface area (Å²) in [6.45, 7) is 4.10. The summed E-state index contributed by atoms with van der Waals surface area (Å²) in [6, 6.07) is 8.95. The quantitative estimate of drug-likeness (QED) is 0.822. The van der Waals surface area contributed by atoms with Crippen molar-refractivity contribution >= 4 is 35.6 Å². The van der Waals surface area contributed by atoms with Crippen LogP contribution in [0.15, 0.2) is 35.4 Å². The Kier molecular flexibility index (Phi) is 5.80. The number of halogens is 1. The van der Waals surface area contributed by atoms with Gasteiger partial charge in [-0.25, -0.2) is 0 Å². The normalized spacial score (nSPS) is 23.5. The minimum Gasteiger partial charge on any atom is -0.368 e. The molecule has 2 aliphatic heterocycles. The third kappa shape index (κ3) is 3.68. The SMILES string of the molecule is C[C@@H]1CN(C(=O)C2=NN(c3ccccc3)C(C(N)=O)C2)CCN1.Cl. The van der Waals surface area contributed by atoms with Crippen LogP contribution in [0.2, 0.25) is 0 Å². The van der Waals surface area contributed by atoms with Crippen LogP contribution in [0.5, 0.6) is 0 Å². The molecular weight excluding hydrogens is 330 g/mol. The van der Waals surface area contributed by atoms with Gasteiger partial charge in [0.25, 0.3) is 5.91 Å². The molecule has 2 aliphatic rings. The van der Waals surface area contributed by atoms with Crippen LogP contribution < -0.4 is 16.1 Å². The average Bonchev–Trinajstić information content (AvgIpc) is 3.00. The third-order valence-corrected chi connectivity index (χ3v) is 4.16. The molecule has 0 radical (unpaired) electrons. The highest BCUT2D eigenvalue weighted by atomic mass is 35.5. The highest BCUT2D eigenvalue weighted by Crippen LogP contribution is 2.25. The van der Waals surface area contributed by atoms with E-state index in [0.29, 0.717) is 18.8 Å². The highest BCUT2D eigenvalue weighted by Gasteiger charge is 2.37. The standard InChI is InChI=1S/C16H21N5O2.ClH/c1-11-10-20(8-7-18-11)16(23)13-9-14(15(17)22)21(19-13)12-5-3-2-4-6-12;/h2-6,11,14,18H,7-10H2,1H3,(H2,17,22);1H/t11-,14?;/m1./s1. The van der Waals surface area contributed by atoms with Gasteiger partial charge in [0.2, 0.25) is 5.91 Å². The lowest BCUT2D eigenvalue weighted by Crippen LogP contribution is -2.53. The minimum absolute atomic E-state index is 0. The van der Waals surface area contributed by atoms with Crippen molar-refractivity contribution in [1.82, 2.24) is 10.2 Å². The number of hydrazone groups is 1. The fourth-order valence-corrected chi connectivity index (χ4v) is 2.98. The molecule has 0 saturated carbocycles. The summed E-state index contributed by atoms with van der Waals surface area (Å²) in [5, 5.41) is 9.26. The van der Waals surface area contributed by atoms with Gasteiger partial charge in [0.05, 0.1) is 5.69 Å². The van der Waals surface area contributed by atoms with Crippen LogP contribution in [-0.4, -0.2) is 54.1 Å². The van der Waals surface area contributed by atoms with Crippen molar-refractivity contribution < 1.29 is 9.59 Å². The molecule has 1 aromatic carbocycles. The first-order valence-electron chi connectivity index (χ1n) is 7.80. The molecule has 2 amide bonds. The second-order valence-corrected chi connectivity index (χ2v) is 5.96. The van der Waals surface area contributed by atoms with Gasteiger partial charge in [0, 0.05) is 32.1 Å². The van der Waals surface area contributed by atoms with Crippen LogP contribution in [0.3, 0.4) is 0 Å². The molecule has 2 heterocycles. The Bertz CT molecular complexity index is 637. The average molecular weight is 352 g/mol. The lowest BCUT2D eigenvalue weighted by Gasteiger charge is -2.31. The number of piperazine rings is 1. The lowest BCUT2D eigenvalue weighted by atomic mass is 10.1. The number of carbonyl (C=O) groups excluding carboxylic acids is 2. The maximum Gasteiger partial charge on any atom is 0.270 e. The van der Waals surface area contributed by atoms with E-state index in [-0.39, 0.29) is 30.8 Å². The molecule has 7 nitrogen and oxygen atoms in total. The van der Waals surface area contributed by atoms with Gasteiger partial charge in [-0.1, -0.05) is 18.2 Å². The van der Waals surface area contributed by atoms with Crippen LogP contribution >= 0.6 is 12.4 Å². The number of para-hydroxylation sites is 1. The fourth-order valence-electron chi connectivity index (χ4n) is 2.98. The number of nitrogens with one attached hydrogen (secondary N) is 1. The van der Waals surface area contributed by atoms with Crippen molar-refractivity contribution in [3.05, 3.63) is 30.3 Å². The van der Waals surface area contributed by atoms with Gasteiger partial charge in [0.15, 0.2) is 0 Å². The molecule has 0 spiro atoms. The number of hydrogen-bond acceptors (Lipinski definition) is 5. The molecule has 0 aliphatic carbocycles. The summed E-state index contributed by atoms with van der Waals surface area (Å²) in [6.07, 6.45) is 0.251. The first kappa shape index (κ1) is 18.2. The van der Waals surface area contributed by atoms with Gasteiger partial charge in [-0.15, -0.1) is 12.4 Å². The number of benzene rings is 1. The lowest BCUT2D eigenvalue weighted by molar-refractivity contribution is -0.125. The summed E-state index contributed by atoms with van der Waals surface area (Å²) in [4.78, 5) is 26.2. The molecule has 2 atom stereocenters. The number of primary amides is 1. The van der Waals surface area contributed by atoms with E-state index in [0.717, 1.165) is 12.2 Å². The Balaban J connectivity index is 0.00000208. The number of anilines is 1. The summed E-state index contributed by atoms with van der Waals surface area (Å²) < 4.78 is 0. The number of nitrogens with zero attached hydrogens (tertiary/aromatic N) is 3. The highest BCUT2D eigenvalue weighted by molar-refractivity contribution is 6.40. The molecule has 1 saturated heterocycles. The van der Waals surface area contributed by atoms with Crippen molar-refractivity contribution in [3.8, 4) is 0 Å². The zero-order valence-corrected chi connectivity index (χ0v) is 14.3. The van der Waals surface area contributed by atoms with Gasteiger partial charge in [0.1, 0.15) is 11.8 Å². The molecule has 1 fully saturated rings. The van der Waals surface area contributed by atoms with E-state index < -0.39 is 11.9 Å². The molecule has 8 heteroatoms. The van der Waals surface area contributed by atoms with Crippen molar-refractivity contribution in [3.63, 3.8) is 0 Å². The maximum atomic E-state index is 12.7. The smallest absolute Gasteiger partial charge is 0.270 e. The minimum atomic E-state index is -0.614. The summed E-state index contributed by atoms with van der Waals surface area (Å²) in [5.74, 6) is -0.586. The predicted molar refractivity (Wildman–Crippen MR) is 95.2 cm³/mol. The second kappa shape index (κ2) is 7.63. The predicted octanol–water partition coefficient (Wildman–Crippen LogP) is 0.349.